The Morgan fingerprint density at radius 2 is 2.40 bits per heavy atom. The van der Waals surface area contributed by atoms with Gasteiger partial charge in [-0.3, -0.25) is 4.79 Å². The van der Waals surface area contributed by atoms with Crippen LogP contribution in [0, 0.1) is 0 Å². The molecule has 0 aromatic rings. The van der Waals surface area contributed by atoms with E-state index < -0.39 is 0 Å². The molecule has 0 spiro atoms. The number of hydrogen-bond acceptors (Lipinski definition) is 3. The second kappa shape index (κ2) is 6.08. The Labute approximate surface area is 91.3 Å². The van der Waals surface area contributed by atoms with E-state index in [1.807, 2.05) is 13.8 Å². The van der Waals surface area contributed by atoms with Gasteiger partial charge in [0.2, 0.25) is 5.91 Å². The lowest BCUT2D eigenvalue weighted by atomic mass is 10.0. The number of amides is 1. The van der Waals surface area contributed by atoms with E-state index in [1.165, 1.54) is 0 Å². The van der Waals surface area contributed by atoms with Gasteiger partial charge in [0.15, 0.2) is 0 Å². The van der Waals surface area contributed by atoms with Crippen molar-refractivity contribution in [1.29, 1.82) is 0 Å². The quantitative estimate of drug-likeness (QED) is 0.675. The highest BCUT2D eigenvalue weighted by atomic mass is 16.5. The summed E-state index contributed by atoms with van der Waals surface area (Å²) in [6, 6.07) is 0. The standard InChI is InChI=1S/C11H21NO3/c1-3-6-14-8-10(13)12-9-11(2)5-4-7-15-11/h3-9H2,1-2H3,(H,12,13). The monoisotopic (exact) mass is 215 g/mol. The van der Waals surface area contributed by atoms with Crippen molar-refractivity contribution < 1.29 is 14.3 Å². The van der Waals surface area contributed by atoms with Gasteiger partial charge in [-0.25, -0.2) is 0 Å². The van der Waals surface area contributed by atoms with Crippen molar-refractivity contribution in [2.24, 2.45) is 0 Å². The molecule has 0 radical (unpaired) electrons. The molecule has 0 saturated carbocycles. The van der Waals surface area contributed by atoms with Gasteiger partial charge in [-0.15, -0.1) is 0 Å². The largest absolute Gasteiger partial charge is 0.373 e. The van der Waals surface area contributed by atoms with Crippen LogP contribution in [0.15, 0.2) is 0 Å². The van der Waals surface area contributed by atoms with Crippen LogP contribution >= 0.6 is 0 Å². The molecule has 0 aliphatic carbocycles. The molecule has 1 aliphatic heterocycles. The molecule has 1 aliphatic rings. The van der Waals surface area contributed by atoms with Gasteiger partial charge < -0.3 is 14.8 Å². The zero-order valence-electron chi connectivity index (χ0n) is 9.67. The summed E-state index contributed by atoms with van der Waals surface area (Å²) in [6.45, 7) is 6.24. The number of nitrogens with one attached hydrogen (secondary N) is 1. The zero-order valence-corrected chi connectivity index (χ0v) is 9.67. The molecule has 15 heavy (non-hydrogen) atoms. The predicted molar refractivity (Wildman–Crippen MR) is 57.7 cm³/mol. The minimum absolute atomic E-state index is 0.0554. The fraction of sp³-hybridized carbons (Fsp3) is 0.909. The Morgan fingerprint density at radius 3 is 3.00 bits per heavy atom. The second-order valence-electron chi connectivity index (χ2n) is 4.23. The van der Waals surface area contributed by atoms with E-state index in [9.17, 15) is 4.79 Å². The first-order valence-corrected chi connectivity index (χ1v) is 5.65. The zero-order chi connectivity index (χ0) is 11.1. The Bertz CT molecular complexity index is 200. The first-order chi connectivity index (χ1) is 7.16. The highest BCUT2D eigenvalue weighted by molar-refractivity contribution is 5.77. The molecular weight excluding hydrogens is 194 g/mol. The van der Waals surface area contributed by atoms with Gasteiger partial charge >= 0.3 is 0 Å². The molecule has 1 fully saturated rings. The maximum atomic E-state index is 11.3. The van der Waals surface area contributed by atoms with Crippen molar-refractivity contribution >= 4 is 5.91 Å². The molecule has 1 rings (SSSR count). The fourth-order valence-corrected chi connectivity index (χ4v) is 1.62. The van der Waals surface area contributed by atoms with E-state index in [-0.39, 0.29) is 18.1 Å². The van der Waals surface area contributed by atoms with Gasteiger partial charge in [-0.1, -0.05) is 6.92 Å². The maximum absolute atomic E-state index is 11.3. The molecule has 0 bridgehead atoms. The Hall–Kier alpha value is -0.610. The van der Waals surface area contributed by atoms with E-state index in [2.05, 4.69) is 5.32 Å². The minimum atomic E-state index is -0.166. The van der Waals surface area contributed by atoms with E-state index in [0.717, 1.165) is 25.9 Å². The molecule has 1 amide bonds. The topological polar surface area (TPSA) is 47.6 Å². The number of hydrogen-bond donors (Lipinski definition) is 1. The first kappa shape index (κ1) is 12.5. The third-order valence-electron chi connectivity index (χ3n) is 2.54. The van der Waals surface area contributed by atoms with Crippen LogP contribution in [0.3, 0.4) is 0 Å². The lowest BCUT2D eigenvalue weighted by Crippen LogP contribution is -2.41. The van der Waals surface area contributed by atoms with Crippen LogP contribution < -0.4 is 5.32 Å². The predicted octanol–water partition coefficient (Wildman–Crippen LogP) is 1.10. The molecule has 0 aromatic carbocycles. The smallest absolute Gasteiger partial charge is 0.246 e. The number of carbonyl (C=O) groups is 1. The van der Waals surface area contributed by atoms with Crippen LogP contribution in [-0.2, 0) is 14.3 Å². The number of ether oxygens (including phenoxy) is 2. The molecule has 1 N–H and O–H groups in total. The fourth-order valence-electron chi connectivity index (χ4n) is 1.62. The molecule has 1 unspecified atom stereocenters. The van der Waals surface area contributed by atoms with Crippen LogP contribution in [0.2, 0.25) is 0 Å². The summed E-state index contributed by atoms with van der Waals surface area (Å²) in [5.41, 5.74) is -0.166. The molecule has 0 aromatic heterocycles. The van der Waals surface area contributed by atoms with Gasteiger partial charge in [0.05, 0.1) is 5.60 Å². The Morgan fingerprint density at radius 1 is 1.60 bits per heavy atom. The van der Waals surface area contributed by atoms with Crippen molar-refractivity contribution in [3.05, 3.63) is 0 Å². The highest BCUT2D eigenvalue weighted by Gasteiger charge is 2.29. The Kier molecular flexibility index (Phi) is 5.05. The SMILES string of the molecule is CCCOCC(=O)NCC1(C)CCCO1. The second-order valence-corrected chi connectivity index (χ2v) is 4.23. The summed E-state index contributed by atoms with van der Waals surface area (Å²) in [5.74, 6) is -0.0554. The summed E-state index contributed by atoms with van der Waals surface area (Å²) in [5, 5.41) is 2.84. The summed E-state index contributed by atoms with van der Waals surface area (Å²) in [6.07, 6.45) is 3.04. The van der Waals surface area contributed by atoms with E-state index >= 15 is 0 Å². The summed E-state index contributed by atoms with van der Waals surface area (Å²) in [7, 11) is 0. The molecule has 1 atom stereocenters. The van der Waals surface area contributed by atoms with Gasteiger partial charge in [0.1, 0.15) is 6.61 Å². The van der Waals surface area contributed by atoms with Crippen molar-refractivity contribution in [3.8, 4) is 0 Å². The van der Waals surface area contributed by atoms with Crippen LogP contribution in [0.4, 0.5) is 0 Å². The third-order valence-corrected chi connectivity index (χ3v) is 2.54. The van der Waals surface area contributed by atoms with E-state index in [0.29, 0.717) is 13.2 Å². The maximum Gasteiger partial charge on any atom is 0.246 e. The number of carbonyl (C=O) groups excluding carboxylic acids is 1. The normalized spacial score (nSPS) is 25.5. The van der Waals surface area contributed by atoms with Gasteiger partial charge in [-0.2, -0.15) is 0 Å². The van der Waals surface area contributed by atoms with E-state index in [1.54, 1.807) is 0 Å². The van der Waals surface area contributed by atoms with Gasteiger partial charge in [-0.05, 0) is 26.2 Å². The van der Waals surface area contributed by atoms with Crippen molar-refractivity contribution in [1.82, 2.24) is 5.32 Å². The molecule has 1 heterocycles. The van der Waals surface area contributed by atoms with Gasteiger partial charge in [0.25, 0.3) is 0 Å². The van der Waals surface area contributed by atoms with Crippen LogP contribution in [0.25, 0.3) is 0 Å². The van der Waals surface area contributed by atoms with Crippen LogP contribution in [-0.4, -0.2) is 37.9 Å². The lowest BCUT2D eigenvalue weighted by Gasteiger charge is -2.23. The summed E-state index contributed by atoms with van der Waals surface area (Å²) in [4.78, 5) is 11.3. The molecule has 1 saturated heterocycles. The van der Waals surface area contributed by atoms with E-state index in [4.69, 9.17) is 9.47 Å². The minimum Gasteiger partial charge on any atom is -0.373 e. The molecule has 4 nitrogen and oxygen atoms in total. The van der Waals surface area contributed by atoms with Crippen LogP contribution in [0.5, 0.6) is 0 Å². The van der Waals surface area contributed by atoms with Crippen molar-refractivity contribution in [2.45, 2.75) is 38.7 Å². The third kappa shape index (κ3) is 4.62. The van der Waals surface area contributed by atoms with Crippen molar-refractivity contribution in [2.75, 3.05) is 26.4 Å². The van der Waals surface area contributed by atoms with Gasteiger partial charge in [0, 0.05) is 19.8 Å². The number of rotatable bonds is 6. The molecule has 88 valence electrons. The summed E-state index contributed by atoms with van der Waals surface area (Å²) >= 11 is 0. The average Bonchev–Trinajstić information content (AvgIpc) is 2.64. The lowest BCUT2D eigenvalue weighted by molar-refractivity contribution is -0.126. The van der Waals surface area contributed by atoms with Crippen molar-refractivity contribution in [3.63, 3.8) is 0 Å². The highest BCUT2D eigenvalue weighted by Crippen LogP contribution is 2.23. The molecule has 4 heteroatoms. The Balaban J connectivity index is 2.10. The summed E-state index contributed by atoms with van der Waals surface area (Å²) < 4.78 is 10.7. The first-order valence-electron chi connectivity index (χ1n) is 5.65. The average molecular weight is 215 g/mol. The molecular formula is C11H21NO3. The van der Waals surface area contributed by atoms with Crippen LogP contribution in [0.1, 0.15) is 33.1 Å².